The van der Waals surface area contributed by atoms with Crippen molar-refractivity contribution in [1.29, 1.82) is 0 Å². The number of halogens is 1. The molecule has 116 valence electrons. The van der Waals surface area contributed by atoms with Crippen LogP contribution < -0.4 is 11.3 Å². The summed E-state index contributed by atoms with van der Waals surface area (Å²) >= 11 is 4.70. The number of carbonyl (C=O) groups excluding carboxylic acids is 1. The van der Waals surface area contributed by atoms with E-state index in [2.05, 4.69) is 38.1 Å². The highest BCUT2D eigenvalue weighted by Crippen LogP contribution is 2.25. The molecule has 6 nitrogen and oxygen atoms in total. The number of hydrogen-bond acceptors (Lipinski definition) is 5. The summed E-state index contributed by atoms with van der Waals surface area (Å²) in [6, 6.07) is 7.82. The molecular weight excluding hydrogens is 366 g/mol. The minimum atomic E-state index is -0.264. The van der Waals surface area contributed by atoms with Gasteiger partial charge in [0.25, 0.3) is 0 Å². The normalized spacial score (nSPS) is 10.5. The average molecular weight is 382 g/mol. The van der Waals surface area contributed by atoms with Gasteiger partial charge in [-0.1, -0.05) is 52.0 Å². The van der Waals surface area contributed by atoms with Crippen LogP contribution in [0.4, 0.5) is 0 Å². The van der Waals surface area contributed by atoms with Crippen molar-refractivity contribution in [3.05, 3.63) is 40.9 Å². The van der Waals surface area contributed by atoms with Crippen LogP contribution in [-0.4, -0.2) is 26.4 Å². The van der Waals surface area contributed by atoms with Gasteiger partial charge in [-0.05, 0) is 19.1 Å². The van der Waals surface area contributed by atoms with Gasteiger partial charge in [-0.3, -0.25) is 14.8 Å². The lowest BCUT2D eigenvalue weighted by atomic mass is 10.2. The Morgan fingerprint density at radius 1 is 1.41 bits per heavy atom. The molecule has 0 fully saturated rings. The summed E-state index contributed by atoms with van der Waals surface area (Å²) < 4.78 is 2.94. The number of nitrogens with one attached hydrogen (secondary N) is 1. The third-order valence-electron chi connectivity index (χ3n) is 2.74. The van der Waals surface area contributed by atoms with E-state index in [1.807, 2.05) is 35.8 Å². The molecule has 0 atom stereocenters. The fourth-order valence-electron chi connectivity index (χ4n) is 1.79. The lowest BCUT2D eigenvalue weighted by Crippen LogP contribution is -2.31. The summed E-state index contributed by atoms with van der Waals surface area (Å²) in [6.45, 7) is 6.46. The Hall–Kier alpha value is -1.64. The van der Waals surface area contributed by atoms with E-state index in [1.54, 1.807) is 0 Å². The zero-order valence-electron chi connectivity index (χ0n) is 12.0. The maximum absolute atomic E-state index is 11.3. The number of benzene rings is 1. The third-order valence-corrected chi connectivity index (χ3v) is 4.24. The van der Waals surface area contributed by atoms with E-state index < -0.39 is 0 Å². The number of nitrogens with zero attached hydrogens (tertiary/aromatic N) is 3. The fraction of sp³-hybridized carbons (Fsp3) is 0.214. The maximum Gasteiger partial charge on any atom is 0.244 e. The zero-order chi connectivity index (χ0) is 16.1. The van der Waals surface area contributed by atoms with Crippen LogP contribution in [0.2, 0.25) is 0 Å². The predicted molar refractivity (Wildman–Crippen MR) is 91.0 cm³/mol. The molecule has 0 aliphatic heterocycles. The van der Waals surface area contributed by atoms with Crippen molar-refractivity contribution in [2.75, 3.05) is 5.75 Å². The first kappa shape index (κ1) is 16.7. The Labute approximate surface area is 141 Å². The van der Waals surface area contributed by atoms with Crippen molar-refractivity contribution in [3.8, 4) is 11.4 Å². The zero-order valence-corrected chi connectivity index (χ0v) is 14.4. The highest BCUT2D eigenvalue weighted by atomic mass is 79.9. The average Bonchev–Trinajstić information content (AvgIpc) is 2.87. The smallest absolute Gasteiger partial charge is 0.244 e. The van der Waals surface area contributed by atoms with E-state index in [1.165, 1.54) is 11.8 Å². The Bertz CT molecular complexity index is 683. The number of thioether (sulfide) groups is 1. The van der Waals surface area contributed by atoms with Crippen LogP contribution >= 0.6 is 27.7 Å². The van der Waals surface area contributed by atoms with Gasteiger partial charge in [-0.15, -0.1) is 10.2 Å². The predicted octanol–water partition coefficient (Wildman–Crippen LogP) is 2.37. The molecule has 0 aliphatic carbocycles. The highest BCUT2D eigenvalue weighted by molar-refractivity contribution is 9.10. The second kappa shape index (κ2) is 7.57. The summed E-state index contributed by atoms with van der Waals surface area (Å²) in [7, 11) is 0. The van der Waals surface area contributed by atoms with E-state index in [-0.39, 0.29) is 11.7 Å². The van der Waals surface area contributed by atoms with Crippen LogP contribution in [0.1, 0.15) is 6.92 Å². The Morgan fingerprint density at radius 3 is 2.68 bits per heavy atom. The van der Waals surface area contributed by atoms with E-state index in [9.17, 15) is 4.79 Å². The van der Waals surface area contributed by atoms with Crippen LogP contribution in [0.25, 0.3) is 11.4 Å². The topological polar surface area (TPSA) is 85.8 Å². The fourth-order valence-corrected chi connectivity index (χ4v) is 2.81. The lowest BCUT2D eigenvalue weighted by molar-refractivity contribution is -0.118. The van der Waals surface area contributed by atoms with Crippen LogP contribution in [0.5, 0.6) is 0 Å². The van der Waals surface area contributed by atoms with Crippen molar-refractivity contribution in [1.82, 2.24) is 20.2 Å². The molecule has 22 heavy (non-hydrogen) atoms. The third kappa shape index (κ3) is 4.19. The molecule has 2 rings (SSSR count). The van der Waals surface area contributed by atoms with Crippen LogP contribution in [-0.2, 0) is 11.3 Å². The standard InChI is InChI=1S/C14H16BrN5OS/c1-9(2)7-20-13(10-3-5-11(15)6-4-10)18-19-14(20)22-8-12(21)17-16/h3-6H,1,7-8,16H2,2H3,(H,17,21). The number of hydrogen-bond donors (Lipinski definition) is 2. The first-order valence-electron chi connectivity index (χ1n) is 6.47. The molecule has 0 bridgehead atoms. The molecule has 2 aromatic rings. The largest absolute Gasteiger partial charge is 0.298 e. The number of carbonyl (C=O) groups is 1. The van der Waals surface area contributed by atoms with Crippen LogP contribution in [0.15, 0.2) is 46.0 Å². The van der Waals surface area contributed by atoms with Gasteiger partial charge in [-0.2, -0.15) is 0 Å². The second-order valence-electron chi connectivity index (χ2n) is 4.71. The summed E-state index contributed by atoms with van der Waals surface area (Å²) in [4.78, 5) is 11.3. The van der Waals surface area contributed by atoms with Crippen molar-refractivity contribution < 1.29 is 4.79 Å². The van der Waals surface area contributed by atoms with Gasteiger partial charge in [0.2, 0.25) is 5.91 Å². The van der Waals surface area contributed by atoms with Gasteiger partial charge in [-0.25, -0.2) is 5.84 Å². The van der Waals surface area contributed by atoms with Crippen molar-refractivity contribution in [2.24, 2.45) is 5.84 Å². The SMILES string of the molecule is C=C(C)Cn1c(SCC(=O)NN)nnc1-c1ccc(Br)cc1. The number of rotatable bonds is 6. The Morgan fingerprint density at radius 2 is 2.09 bits per heavy atom. The van der Waals surface area contributed by atoms with Gasteiger partial charge in [0, 0.05) is 16.6 Å². The molecule has 3 N–H and O–H groups in total. The van der Waals surface area contributed by atoms with Gasteiger partial charge in [0.15, 0.2) is 11.0 Å². The van der Waals surface area contributed by atoms with Gasteiger partial charge < -0.3 is 0 Å². The molecule has 0 radical (unpaired) electrons. The van der Waals surface area contributed by atoms with Crippen LogP contribution in [0.3, 0.4) is 0 Å². The minimum absolute atomic E-state index is 0.186. The Kier molecular flexibility index (Phi) is 5.76. The summed E-state index contributed by atoms with van der Waals surface area (Å²) in [5.41, 5.74) is 4.03. The molecule has 0 spiro atoms. The molecule has 0 unspecified atom stereocenters. The number of amides is 1. The molecule has 0 saturated carbocycles. The lowest BCUT2D eigenvalue weighted by Gasteiger charge is -2.10. The molecule has 0 aliphatic rings. The number of hydrazine groups is 1. The summed E-state index contributed by atoms with van der Waals surface area (Å²) in [5.74, 6) is 5.75. The molecule has 0 saturated heterocycles. The quantitative estimate of drug-likeness (QED) is 0.263. The molecular formula is C14H16BrN5OS. The summed E-state index contributed by atoms with van der Waals surface area (Å²) in [6.07, 6.45) is 0. The second-order valence-corrected chi connectivity index (χ2v) is 6.57. The number of nitrogens with two attached hydrogens (primary N) is 1. The minimum Gasteiger partial charge on any atom is -0.298 e. The molecule has 1 amide bonds. The highest BCUT2D eigenvalue weighted by Gasteiger charge is 2.15. The maximum atomic E-state index is 11.3. The summed E-state index contributed by atoms with van der Waals surface area (Å²) in [5, 5.41) is 9.08. The van der Waals surface area contributed by atoms with Crippen LogP contribution in [0, 0.1) is 0 Å². The van der Waals surface area contributed by atoms with Gasteiger partial charge >= 0.3 is 0 Å². The first-order chi connectivity index (χ1) is 10.5. The van der Waals surface area contributed by atoms with Crippen molar-refractivity contribution in [2.45, 2.75) is 18.6 Å². The van der Waals surface area contributed by atoms with Crippen molar-refractivity contribution >= 4 is 33.6 Å². The van der Waals surface area contributed by atoms with Crippen molar-refractivity contribution in [3.63, 3.8) is 0 Å². The monoisotopic (exact) mass is 381 g/mol. The molecule has 1 heterocycles. The molecule has 1 aromatic carbocycles. The van der Waals surface area contributed by atoms with E-state index in [0.717, 1.165) is 21.4 Å². The van der Waals surface area contributed by atoms with E-state index in [4.69, 9.17) is 5.84 Å². The molecule has 8 heteroatoms. The van der Waals surface area contributed by atoms with Gasteiger partial charge in [0.05, 0.1) is 5.75 Å². The molecule has 1 aromatic heterocycles. The number of aromatic nitrogens is 3. The first-order valence-corrected chi connectivity index (χ1v) is 8.25. The van der Waals surface area contributed by atoms with E-state index in [0.29, 0.717) is 11.7 Å². The van der Waals surface area contributed by atoms with E-state index >= 15 is 0 Å². The Balaban J connectivity index is 2.33. The number of allylic oxidation sites excluding steroid dienone is 1. The van der Waals surface area contributed by atoms with Gasteiger partial charge in [0.1, 0.15) is 0 Å².